The van der Waals surface area contributed by atoms with Crippen LogP contribution in [0.15, 0.2) is 18.3 Å². The molecule has 0 aliphatic heterocycles. The molecule has 0 aliphatic carbocycles. The summed E-state index contributed by atoms with van der Waals surface area (Å²) in [5, 5.41) is 8.94. The van der Waals surface area contributed by atoms with Crippen molar-refractivity contribution in [2.24, 2.45) is 5.73 Å². The molecule has 0 radical (unpaired) electrons. The topological polar surface area (TPSA) is 102 Å². The summed E-state index contributed by atoms with van der Waals surface area (Å²) in [5.74, 6) is -0.0819. The van der Waals surface area contributed by atoms with E-state index in [1.54, 1.807) is 24.4 Å². The number of aromatic nitrogens is 1. The van der Waals surface area contributed by atoms with Crippen LogP contribution in [0.5, 0.6) is 0 Å². The largest absolute Gasteiger partial charge is 0.392 e. The van der Waals surface area contributed by atoms with Gasteiger partial charge >= 0.3 is 0 Å². The Kier molecular flexibility index (Phi) is 3.82. The van der Waals surface area contributed by atoms with Crippen LogP contribution in [0, 0.1) is 0 Å². The summed E-state index contributed by atoms with van der Waals surface area (Å²) in [6, 6.07) is 1.71. The highest BCUT2D eigenvalue weighted by molar-refractivity contribution is 5.76. The lowest BCUT2D eigenvalue weighted by molar-refractivity contribution is -0.117. The molecule has 0 aliphatic rings. The van der Waals surface area contributed by atoms with E-state index in [9.17, 15) is 4.79 Å². The third kappa shape index (κ3) is 3.40. The first kappa shape index (κ1) is 11.2. The second-order valence-electron chi connectivity index (χ2n) is 3.04. The fourth-order valence-electron chi connectivity index (χ4n) is 1.07. The van der Waals surface area contributed by atoms with Gasteiger partial charge in [0.05, 0.1) is 6.61 Å². The molecule has 15 heavy (non-hydrogen) atoms. The number of hydrogen-bond donors (Lipinski definition) is 3. The number of primary amides is 1. The lowest BCUT2D eigenvalue weighted by Crippen LogP contribution is -2.07. The van der Waals surface area contributed by atoms with Crippen molar-refractivity contribution in [1.29, 1.82) is 0 Å². The van der Waals surface area contributed by atoms with Gasteiger partial charge < -0.3 is 16.6 Å². The van der Waals surface area contributed by atoms with E-state index in [0.29, 0.717) is 11.4 Å². The molecule has 1 amide bonds. The maximum Gasteiger partial charge on any atom is 0.221 e. The molecule has 0 fully saturated rings. The molecule has 0 aromatic carbocycles. The number of carbonyl (C=O) groups excluding carboxylic acids is 1. The number of hydrogen-bond acceptors (Lipinski definition) is 4. The number of nitrogens with zero attached hydrogens (tertiary/aromatic N) is 1. The SMILES string of the molecule is NC(=O)CC=Cc1cnc(N)c(CO)c1. The van der Waals surface area contributed by atoms with E-state index in [1.807, 2.05) is 0 Å². The molecule has 1 heterocycles. The zero-order valence-electron chi connectivity index (χ0n) is 8.18. The van der Waals surface area contributed by atoms with Crippen LogP contribution in [0.2, 0.25) is 0 Å². The molecule has 0 spiro atoms. The van der Waals surface area contributed by atoms with E-state index in [-0.39, 0.29) is 13.0 Å². The van der Waals surface area contributed by atoms with Crippen molar-refractivity contribution in [3.63, 3.8) is 0 Å². The first-order valence-corrected chi connectivity index (χ1v) is 4.43. The highest BCUT2D eigenvalue weighted by Gasteiger charge is 1.99. The van der Waals surface area contributed by atoms with Crippen LogP contribution in [-0.2, 0) is 11.4 Å². The smallest absolute Gasteiger partial charge is 0.221 e. The Morgan fingerprint density at radius 2 is 2.33 bits per heavy atom. The van der Waals surface area contributed by atoms with Crippen LogP contribution in [0.4, 0.5) is 5.82 Å². The van der Waals surface area contributed by atoms with E-state index in [4.69, 9.17) is 16.6 Å². The maximum atomic E-state index is 10.5. The summed E-state index contributed by atoms with van der Waals surface area (Å²) >= 11 is 0. The number of aliphatic hydroxyl groups is 1. The molecule has 0 unspecified atom stereocenters. The number of amides is 1. The lowest BCUT2D eigenvalue weighted by Gasteiger charge is -2.01. The van der Waals surface area contributed by atoms with Gasteiger partial charge in [0.1, 0.15) is 5.82 Å². The van der Waals surface area contributed by atoms with Crippen molar-refractivity contribution in [1.82, 2.24) is 4.98 Å². The molecule has 0 saturated heterocycles. The summed E-state index contributed by atoms with van der Waals surface area (Å²) < 4.78 is 0. The second-order valence-corrected chi connectivity index (χ2v) is 3.04. The van der Waals surface area contributed by atoms with Crippen LogP contribution >= 0.6 is 0 Å². The number of pyridine rings is 1. The normalized spacial score (nSPS) is 10.7. The standard InChI is InChI=1S/C10H13N3O2/c11-9(15)3-1-2-7-4-8(6-14)10(12)13-5-7/h1-2,4-5,14H,3,6H2,(H2,11,15)(H2,12,13). The maximum absolute atomic E-state index is 10.5. The van der Waals surface area contributed by atoms with E-state index in [1.165, 1.54) is 0 Å². The van der Waals surface area contributed by atoms with E-state index < -0.39 is 5.91 Å². The van der Waals surface area contributed by atoms with Crippen molar-refractivity contribution < 1.29 is 9.90 Å². The van der Waals surface area contributed by atoms with Gasteiger partial charge in [-0.1, -0.05) is 12.2 Å². The van der Waals surface area contributed by atoms with Crippen LogP contribution in [0.25, 0.3) is 6.08 Å². The molecular weight excluding hydrogens is 194 g/mol. The predicted molar refractivity (Wildman–Crippen MR) is 57.4 cm³/mol. The monoisotopic (exact) mass is 207 g/mol. The van der Waals surface area contributed by atoms with Gasteiger partial charge in [-0.3, -0.25) is 4.79 Å². The summed E-state index contributed by atoms with van der Waals surface area (Å²) in [5.41, 5.74) is 11.8. The minimum atomic E-state index is -0.392. The molecule has 1 rings (SSSR count). The lowest BCUT2D eigenvalue weighted by atomic mass is 10.2. The molecule has 0 atom stereocenters. The van der Waals surface area contributed by atoms with Gasteiger partial charge in [-0.05, 0) is 11.6 Å². The molecule has 5 nitrogen and oxygen atoms in total. The zero-order chi connectivity index (χ0) is 11.3. The highest BCUT2D eigenvalue weighted by Crippen LogP contribution is 2.11. The summed E-state index contributed by atoms with van der Waals surface area (Å²) in [7, 11) is 0. The number of nitrogens with two attached hydrogens (primary N) is 2. The number of rotatable bonds is 4. The fraction of sp³-hybridized carbons (Fsp3) is 0.200. The number of nitrogen functional groups attached to an aromatic ring is 1. The van der Waals surface area contributed by atoms with Crippen molar-refractivity contribution >= 4 is 17.8 Å². The van der Waals surface area contributed by atoms with Gasteiger partial charge in [-0.2, -0.15) is 0 Å². The molecule has 5 N–H and O–H groups in total. The van der Waals surface area contributed by atoms with Gasteiger partial charge in [0.25, 0.3) is 0 Å². The van der Waals surface area contributed by atoms with Crippen LogP contribution < -0.4 is 11.5 Å². The minimum absolute atomic E-state index is 0.156. The van der Waals surface area contributed by atoms with Crippen LogP contribution in [-0.4, -0.2) is 16.0 Å². The summed E-state index contributed by atoms with van der Waals surface area (Å²) in [6.07, 6.45) is 5.08. The molecule has 5 heteroatoms. The quantitative estimate of drug-likeness (QED) is 0.648. The fourth-order valence-corrected chi connectivity index (χ4v) is 1.07. The predicted octanol–water partition coefficient (Wildman–Crippen LogP) is 0.0447. The Balaban J connectivity index is 2.78. The van der Waals surface area contributed by atoms with Crippen LogP contribution in [0.3, 0.4) is 0 Å². The van der Waals surface area contributed by atoms with Crippen molar-refractivity contribution in [3.05, 3.63) is 29.5 Å². The summed E-state index contributed by atoms with van der Waals surface area (Å²) in [4.78, 5) is 14.4. The van der Waals surface area contributed by atoms with Crippen molar-refractivity contribution in [2.45, 2.75) is 13.0 Å². The highest BCUT2D eigenvalue weighted by atomic mass is 16.3. The van der Waals surface area contributed by atoms with Gasteiger partial charge in [0, 0.05) is 18.2 Å². The molecule has 0 saturated carbocycles. The average molecular weight is 207 g/mol. The van der Waals surface area contributed by atoms with Crippen LogP contribution in [0.1, 0.15) is 17.5 Å². The number of carbonyl (C=O) groups is 1. The average Bonchev–Trinajstić information content (AvgIpc) is 2.20. The van der Waals surface area contributed by atoms with E-state index >= 15 is 0 Å². The molecular formula is C10H13N3O2. The third-order valence-corrected chi connectivity index (χ3v) is 1.82. The van der Waals surface area contributed by atoms with Crippen molar-refractivity contribution in [3.8, 4) is 0 Å². The summed E-state index contributed by atoms with van der Waals surface area (Å²) in [6.45, 7) is -0.156. The van der Waals surface area contributed by atoms with E-state index in [0.717, 1.165) is 5.56 Å². The number of anilines is 1. The number of aliphatic hydroxyl groups excluding tert-OH is 1. The van der Waals surface area contributed by atoms with Crippen molar-refractivity contribution in [2.75, 3.05) is 5.73 Å². The Hall–Kier alpha value is -1.88. The Morgan fingerprint density at radius 3 is 2.93 bits per heavy atom. The molecule has 1 aromatic heterocycles. The van der Waals surface area contributed by atoms with Gasteiger partial charge in [0.2, 0.25) is 5.91 Å². The zero-order valence-corrected chi connectivity index (χ0v) is 8.18. The third-order valence-electron chi connectivity index (χ3n) is 1.82. The first-order valence-electron chi connectivity index (χ1n) is 4.43. The van der Waals surface area contributed by atoms with Gasteiger partial charge in [0.15, 0.2) is 0 Å². The molecule has 1 aromatic rings. The molecule has 80 valence electrons. The van der Waals surface area contributed by atoms with E-state index in [2.05, 4.69) is 4.98 Å². The second kappa shape index (κ2) is 5.11. The Morgan fingerprint density at radius 1 is 1.60 bits per heavy atom. The Bertz CT molecular complexity index is 388. The van der Waals surface area contributed by atoms with Gasteiger partial charge in [-0.15, -0.1) is 0 Å². The van der Waals surface area contributed by atoms with Gasteiger partial charge in [-0.25, -0.2) is 4.98 Å². The minimum Gasteiger partial charge on any atom is -0.392 e. The Labute approximate surface area is 87.4 Å². The first-order chi connectivity index (χ1) is 7.13. The molecule has 0 bridgehead atoms.